The van der Waals surface area contributed by atoms with E-state index in [4.69, 9.17) is 0 Å². The maximum absolute atomic E-state index is 12.6. The summed E-state index contributed by atoms with van der Waals surface area (Å²) in [6.07, 6.45) is 5.66. The Bertz CT molecular complexity index is 561. The second-order valence-electron chi connectivity index (χ2n) is 7.18. The van der Waals surface area contributed by atoms with Crippen LogP contribution in [0.5, 0.6) is 0 Å². The maximum Gasteiger partial charge on any atom is 0.309 e. The molecule has 2 fully saturated rings. The highest BCUT2D eigenvalue weighted by Crippen LogP contribution is 2.24. The van der Waals surface area contributed by atoms with Crippen LogP contribution in [-0.4, -0.2) is 53.1 Å². The van der Waals surface area contributed by atoms with Crippen molar-refractivity contribution in [3.63, 3.8) is 0 Å². The number of hydrogen-bond donors (Lipinski definition) is 2. The zero-order valence-electron chi connectivity index (χ0n) is 15.9. The number of thioether (sulfide) groups is 1. The highest BCUT2D eigenvalue weighted by molar-refractivity contribution is 8.14. The molecule has 1 saturated carbocycles. The lowest BCUT2D eigenvalue weighted by molar-refractivity contribution is -0.141. The number of hydrazone groups is 1. The van der Waals surface area contributed by atoms with Crippen molar-refractivity contribution < 1.29 is 14.4 Å². The number of hydrogen-bond acceptors (Lipinski definition) is 5. The molecule has 0 aromatic carbocycles. The zero-order chi connectivity index (χ0) is 19.1. The first-order valence-corrected chi connectivity index (χ1v) is 10.5. The third-order valence-corrected chi connectivity index (χ3v) is 6.28. The van der Waals surface area contributed by atoms with Crippen molar-refractivity contribution in [3.8, 4) is 0 Å². The number of ketones is 1. The zero-order valence-corrected chi connectivity index (χ0v) is 16.7. The summed E-state index contributed by atoms with van der Waals surface area (Å²) < 4.78 is 0. The fourth-order valence-corrected chi connectivity index (χ4v) is 4.20. The summed E-state index contributed by atoms with van der Waals surface area (Å²) in [5.41, 5.74) is 2.35. The van der Waals surface area contributed by atoms with Crippen LogP contribution in [0.1, 0.15) is 52.4 Å². The number of carbonyl (C=O) groups excluding carboxylic acids is 3. The van der Waals surface area contributed by atoms with E-state index in [2.05, 4.69) is 15.8 Å². The molecule has 1 heterocycles. The lowest BCUT2D eigenvalue weighted by atomic mass is 9.87. The third-order valence-electron chi connectivity index (χ3n) is 5.23. The van der Waals surface area contributed by atoms with Crippen LogP contribution in [0.25, 0.3) is 0 Å². The molecule has 0 bridgehead atoms. The standard InChI is InChI=1S/C18H30N4O3S/c1-4-12(2)14(19-16(24)13-8-6-5-7-9-13)15(23)17(25)20-21-18-22(3)10-11-26-18/h12-14H,4-11H2,1-3H3,(H,19,24)(H,20,25)/t12?,14-/m0/s1. The van der Waals surface area contributed by atoms with E-state index < -0.39 is 17.7 Å². The van der Waals surface area contributed by atoms with Gasteiger partial charge in [0, 0.05) is 25.3 Å². The Morgan fingerprint density at radius 2 is 1.96 bits per heavy atom. The predicted octanol–water partition coefficient (Wildman–Crippen LogP) is 1.73. The summed E-state index contributed by atoms with van der Waals surface area (Å²) in [5.74, 6) is -0.752. The summed E-state index contributed by atoms with van der Waals surface area (Å²) in [7, 11) is 1.89. The molecule has 1 aliphatic carbocycles. The molecule has 2 amide bonds. The van der Waals surface area contributed by atoms with Crippen LogP contribution in [0.2, 0.25) is 0 Å². The van der Waals surface area contributed by atoms with E-state index in [9.17, 15) is 14.4 Å². The number of amidine groups is 1. The molecule has 0 radical (unpaired) electrons. The van der Waals surface area contributed by atoms with Crippen molar-refractivity contribution >= 4 is 34.5 Å². The van der Waals surface area contributed by atoms with Crippen LogP contribution in [0.4, 0.5) is 0 Å². The van der Waals surface area contributed by atoms with Gasteiger partial charge < -0.3 is 10.2 Å². The highest BCUT2D eigenvalue weighted by atomic mass is 32.2. The first-order valence-electron chi connectivity index (χ1n) is 9.50. The van der Waals surface area contributed by atoms with Crippen molar-refractivity contribution in [2.75, 3.05) is 19.3 Å². The highest BCUT2D eigenvalue weighted by Gasteiger charge is 2.33. The van der Waals surface area contributed by atoms with Crippen LogP contribution in [0.3, 0.4) is 0 Å². The van der Waals surface area contributed by atoms with Gasteiger partial charge in [0.1, 0.15) is 0 Å². The summed E-state index contributed by atoms with van der Waals surface area (Å²) in [5, 5.41) is 7.57. The number of nitrogens with zero attached hydrogens (tertiary/aromatic N) is 2. The molecule has 1 aliphatic heterocycles. The average molecular weight is 383 g/mol. The van der Waals surface area contributed by atoms with Gasteiger partial charge in [-0.25, -0.2) is 5.43 Å². The summed E-state index contributed by atoms with van der Waals surface area (Å²) in [6, 6.07) is -0.802. The first-order chi connectivity index (χ1) is 12.4. The van der Waals surface area contributed by atoms with E-state index in [0.29, 0.717) is 11.6 Å². The molecular formula is C18H30N4O3S. The Balaban J connectivity index is 1.98. The quantitative estimate of drug-likeness (QED) is 0.517. The van der Waals surface area contributed by atoms with Crippen LogP contribution >= 0.6 is 11.8 Å². The molecule has 2 aliphatic rings. The maximum atomic E-state index is 12.6. The van der Waals surface area contributed by atoms with Gasteiger partial charge in [0.15, 0.2) is 5.17 Å². The lowest BCUT2D eigenvalue weighted by Gasteiger charge is -2.26. The van der Waals surface area contributed by atoms with Crippen molar-refractivity contribution in [2.45, 2.75) is 58.4 Å². The van der Waals surface area contributed by atoms with E-state index in [1.165, 1.54) is 11.8 Å². The number of carbonyl (C=O) groups is 3. The van der Waals surface area contributed by atoms with Crippen molar-refractivity contribution in [1.82, 2.24) is 15.6 Å². The Kier molecular flexibility index (Phi) is 7.93. The minimum Gasteiger partial charge on any atom is -0.352 e. The Morgan fingerprint density at radius 1 is 1.27 bits per heavy atom. The molecule has 1 saturated heterocycles. The largest absolute Gasteiger partial charge is 0.352 e. The van der Waals surface area contributed by atoms with E-state index in [1.807, 2.05) is 25.8 Å². The molecule has 0 aromatic heterocycles. The molecule has 2 N–H and O–H groups in total. The molecule has 26 heavy (non-hydrogen) atoms. The molecule has 7 nitrogen and oxygen atoms in total. The fourth-order valence-electron chi connectivity index (χ4n) is 3.23. The molecule has 2 rings (SSSR count). The monoisotopic (exact) mass is 382 g/mol. The Morgan fingerprint density at radius 3 is 2.54 bits per heavy atom. The van der Waals surface area contributed by atoms with Gasteiger partial charge >= 0.3 is 5.91 Å². The Hall–Kier alpha value is -1.57. The van der Waals surface area contributed by atoms with Gasteiger partial charge in [-0.2, -0.15) is 0 Å². The normalized spacial score (nSPS) is 22.1. The average Bonchev–Trinajstić information content (AvgIpc) is 3.08. The van der Waals surface area contributed by atoms with Crippen LogP contribution in [0.15, 0.2) is 5.10 Å². The minimum atomic E-state index is -0.802. The Labute approximate surface area is 159 Å². The van der Waals surface area contributed by atoms with Crippen molar-refractivity contribution in [1.29, 1.82) is 0 Å². The van der Waals surface area contributed by atoms with E-state index in [-0.39, 0.29) is 17.7 Å². The fraction of sp³-hybridized carbons (Fsp3) is 0.778. The van der Waals surface area contributed by atoms with Gasteiger partial charge in [-0.1, -0.05) is 51.3 Å². The second kappa shape index (κ2) is 9.94. The van der Waals surface area contributed by atoms with Gasteiger partial charge in [0.05, 0.1) is 6.04 Å². The van der Waals surface area contributed by atoms with Gasteiger partial charge in [0.2, 0.25) is 11.7 Å². The van der Waals surface area contributed by atoms with Crippen molar-refractivity contribution in [3.05, 3.63) is 0 Å². The van der Waals surface area contributed by atoms with Gasteiger partial charge in [-0.15, -0.1) is 5.10 Å². The van der Waals surface area contributed by atoms with Gasteiger partial charge in [-0.05, 0) is 18.8 Å². The smallest absolute Gasteiger partial charge is 0.309 e. The molecule has 146 valence electrons. The molecule has 0 aromatic rings. The van der Waals surface area contributed by atoms with Crippen molar-refractivity contribution in [2.24, 2.45) is 16.9 Å². The predicted molar refractivity (Wildman–Crippen MR) is 104 cm³/mol. The lowest BCUT2D eigenvalue weighted by Crippen LogP contribution is -2.51. The third kappa shape index (κ3) is 5.46. The van der Waals surface area contributed by atoms with Gasteiger partial charge in [0.25, 0.3) is 0 Å². The minimum absolute atomic E-state index is 0.0463. The van der Waals surface area contributed by atoms with E-state index in [0.717, 1.165) is 44.4 Å². The molecular weight excluding hydrogens is 352 g/mol. The SMILES string of the molecule is CCC(C)[C@H](NC(=O)C1CCCCC1)C(=O)C(=O)NN=C1SCCN1C. The van der Waals surface area contributed by atoms with Crippen LogP contribution < -0.4 is 10.7 Å². The second-order valence-corrected chi connectivity index (χ2v) is 8.24. The van der Waals surface area contributed by atoms with Crippen LogP contribution in [0, 0.1) is 11.8 Å². The number of amides is 2. The number of rotatable bonds is 7. The number of Topliss-reactive ketones (excluding diaryl/α,β-unsaturated/α-hetero) is 1. The molecule has 0 spiro atoms. The summed E-state index contributed by atoms with van der Waals surface area (Å²) in [6.45, 7) is 4.68. The first kappa shape index (κ1) is 20.7. The molecule has 1 unspecified atom stereocenters. The topological polar surface area (TPSA) is 90.9 Å². The van der Waals surface area contributed by atoms with E-state index >= 15 is 0 Å². The molecule has 2 atom stereocenters. The summed E-state index contributed by atoms with van der Waals surface area (Å²) >= 11 is 1.53. The van der Waals surface area contributed by atoms with Gasteiger partial charge in [-0.3, -0.25) is 14.4 Å². The van der Waals surface area contributed by atoms with E-state index in [1.54, 1.807) is 0 Å². The van der Waals surface area contributed by atoms with Crippen LogP contribution in [-0.2, 0) is 14.4 Å². The molecule has 8 heteroatoms. The summed E-state index contributed by atoms with van der Waals surface area (Å²) in [4.78, 5) is 39.4. The number of nitrogens with one attached hydrogen (secondary N) is 2.